The molecule has 1 saturated heterocycles. The smallest absolute Gasteiger partial charge is 0.410 e. The number of carbonyl (C=O) groups excluding carboxylic acids is 1. The lowest BCUT2D eigenvalue weighted by Gasteiger charge is -2.36. The number of nitrogens with one attached hydrogen (secondary N) is 3. The molecule has 1 fully saturated rings. The summed E-state index contributed by atoms with van der Waals surface area (Å²) in [4.78, 5) is 38.8. The highest BCUT2D eigenvalue weighted by Gasteiger charge is 2.26. The van der Waals surface area contributed by atoms with Crippen molar-refractivity contribution >= 4 is 52.2 Å². The van der Waals surface area contributed by atoms with Gasteiger partial charge in [0.2, 0.25) is 11.9 Å². The predicted octanol–water partition coefficient (Wildman–Crippen LogP) is 4.50. The lowest BCUT2D eigenvalue weighted by atomic mass is 10.2. The van der Waals surface area contributed by atoms with E-state index in [4.69, 9.17) is 4.74 Å². The molecule has 1 aliphatic heterocycles. The molecule has 40 heavy (non-hydrogen) atoms. The number of fused-ring (bicyclic) bond motifs is 1. The van der Waals surface area contributed by atoms with Crippen molar-refractivity contribution in [3.05, 3.63) is 48.4 Å². The van der Waals surface area contributed by atoms with Crippen LogP contribution in [0, 0.1) is 5.82 Å². The van der Waals surface area contributed by atoms with Gasteiger partial charge in [-0.25, -0.2) is 24.1 Å². The molecule has 1 amide bonds. The zero-order chi connectivity index (χ0) is 28.4. The number of hydrogen-bond acceptors (Lipinski definition) is 10. The predicted molar refractivity (Wildman–Crippen MR) is 153 cm³/mol. The standard InChI is InChI=1S/C27H33FN10O2/c1-27(2,3)40-26(39)38-13-11-37(12-14-38)22-8-6-7-21(33-22)34-23-18(28)16-29-24(35-23)30-17-9-10-19-20(15-17)32-25(31-19)36(4)5/h6-10,15-16H,11-14H2,1-5H3,(H,31,32)(H2,29,30,33,34,35). The number of rotatable bonds is 6. The molecule has 0 atom stereocenters. The average molecular weight is 549 g/mol. The molecule has 3 N–H and O–H groups in total. The first-order valence-electron chi connectivity index (χ1n) is 13.0. The number of nitrogens with zero attached hydrogens (tertiary/aromatic N) is 7. The van der Waals surface area contributed by atoms with Crippen LogP contribution < -0.4 is 20.4 Å². The summed E-state index contributed by atoms with van der Waals surface area (Å²) in [5.41, 5.74) is 1.87. The topological polar surface area (TPSA) is 127 Å². The average Bonchev–Trinajstić information content (AvgIpc) is 3.34. The van der Waals surface area contributed by atoms with Crippen LogP contribution in [0.3, 0.4) is 0 Å². The Morgan fingerprint density at radius 2 is 1.82 bits per heavy atom. The van der Waals surface area contributed by atoms with Gasteiger partial charge in [0.1, 0.15) is 17.2 Å². The van der Waals surface area contributed by atoms with Crippen LogP contribution in [0.1, 0.15) is 20.8 Å². The molecule has 0 radical (unpaired) electrons. The molecular formula is C27H33FN10O2. The normalized spacial score (nSPS) is 13.8. The molecule has 12 nitrogen and oxygen atoms in total. The number of imidazole rings is 1. The fourth-order valence-corrected chi connectivity index (χ4v) is 4.16. The fourth-order valence-electron chi connectivity index (χ4n) is 4.16. The van der Waals surface area contributed by atoms with Crippen LogP contribution in [0.25, 0.3) is 11.0 Å². The summed E-state index contributed by atoms with van der Waals surface area (Å²) in [6.07, 6.45) is 0.790. The zero-order valence-electron chi connectivity index (χ0n) is 23.2. The van der Waals surface area contributed by atoms with Gasteiger partial charge in [0.15, 0.2) is 11.6 Å². The van der Waals surface area contributed by atoms with Crippen LogP contribution >= 0.6 is 0 Å². The maximum absolute atomic E-state index is 14.7. The van der Waals surface area contributed by atoms with E-state index >= 15 is 0 Å². The first kappa shape index (κ1) is 26.9. The maximum atomic E-state index is 14.7. The van der Waals surface area contributed by atoms with E-state index in [0.29, 0.717) is 37.8 Å². The number of amides is 1. The SMILES string of the molecule is CN(C)c1nc2ccc(Nc3ncc(F)c(Nc4cccc(N5CCN(C(=O)OC(C)(C)C)CC5)n4)n3)cc2[nH]1. The Kier molecular flexibility index (Phi) is 7.28. The number of aromatic amines is 1. The van der Waals surface area contributed by atoms with Crippen molar-refractivity contribution in [2.75, 3.05) is 60.7 Å². The maximum Gasteiger partial charge on any atom is 0.410 e. The van der Waals surface area contributed by atoms with Crippen molar-refractivity contribution in [3.63, 3.8) is 0 Å². The molecule has 0 spiro atoms. The molecule has 1 aliphatic rings. The molecule has 5 rings (SSSR count). The van der Waals surface area contributed by atoms with Gasteiger partial charge in [-0.15, -0.1) is 0 Å². The van der Waals surface area contributed by atoms with Crippen LogP contribution in [0.4, 0.5) is 44.2 Å². The van der Waals surface area contributed by atoms with Crippen molar-refractivity contribution in [2.45, 2.75) is 26.4 Å². The summed E-state index contributed by atoms with van der Waals surface area (Å²) < 4.78 is 20.1. The van der Waals surface area contributed by atoms with Gasteiger partial charge in [-0.05, 0) is 51.1 Å². The summed E-state index contributed by atoms with van der Waals surface area (Å²) in [5, 5.41) is 6.08. The monoisotopic (exact) mass is 548 g/mol. The van der Waals surface area contributed by atoms with E-state index in [1.54, 1.807) is 11.0 Å². The van der Waals surface area contributed by atoms with E-state index in [1.165, 1.54) is 0 Å². The van der Waals surface area contributed by atoms with Crippen LogP contribution in [0.15, 0.2) is 42.6 Å². The second kappa shape index (κ2) is 10.8. The van der Waals surface area contributed by atoms with E-state index in [2.05, 4.69) is 40.5 Å². The van der Waals surface area contributed by atoms with Gasteiger partial charge in [0.25, 0.3) is 0 Å². The third kappa shape index (κ3) is 6.30. The van der Waals surface area contributed by atoms with Gasteiger partial charge in [-0.2, -0.15) is 4.98 Å². The van der Waals surface area contributed by atoms with Gasteiger partial charge in [0.05, 0.1) is 17.2 Å². The minimum Gasteiger partial charge on any atom is -0.444 e. The Hall–Kier alpha value is -4.68. The molecule has 0 aliphatic carbocycles. The van der Waals surface area contributed by atoms with E-state index < -0.39 is 11.4 Å². The van der Waals surface area contributed by atoms with Gasteiger partial charge in [-0.1, -0.05) is 6.07 Å². The highest BCUT2D eigenvalue weighted by atomic mass is 19.1. The Balaban J connectivity index is 1.25. The third-order valence-electron chi connectivity index (χ3n) is 6.13. The molecule has 13 heteroatoms. The third-order valence-corrected chi connectivity index (χ3v) is 6.13. The number of benzene rings is 1. The Morgan fingerprint density at radius 1 is 1.05 bits per heavy atom. The highest BCUT2D eigenvalue weighted by Crippen LogP contribution is 2.25. The number of pyridine rings is 1. The van der Waals surface area contributed by atoms with Gasteiger partial charge in [-0.3, -0.25) is 0 Å². The summed E-state index contributed by atoms with van der Waals surface area (Å²) in [5.74, 6) is 1.51. The van der Waals surface area contributed by atoms with E-state index in [9.17, 15) is 9.18 Å². The summed E-state index contributed by atoms with van der Waals surface area (Å²) in [6, 6.07) is 11.1. The lowest BCUT2D eigenvalue weighted by Crippen LogP contribution is -2.50. The Morgan fingerprint density at radius 3 is 2.55 bits per heavy atom. The molecule has 210 valence electrons. The minimum absolute atomic E-state index is 0.00518. The highest BCUT2D eigenvalue weighted by molar-refractivity contribution is 5.82. The van der Waals surface area contributed by atoms with Crippen molar-refractivity contribution in [1.29, 1.82) is 0 Å². The molecule has 0 bridgehead atoms. The number of carbonyl (C=O) groups is 1. The van der Waals surface area contributed by atoms with Gasteiger partial charge in [0, 0.05) is 46.0 Å². The number of ether oxygens (including phenoxy) is 1. The number of aromatic nitrogens is 5. The molecular weight excluding hydrogens is 515 g/mol. The first-order chi connectivity index (χ1) is 19.0. The first-order valence-corrected chi connectivity index (χ1v) is 13.0. The number of H-pyrrole nitrogens is 1. The fraction of sp³-hybridized carbons (Fsp3) is 0.370. The van der Waals surface area contributed by atoms with E-state index in [1.807, 2.05) is 70.1 Å². The largest absolute Gasteiger partial charge is 0.444 e. The Bertz CT molecular complexity index is 1510. The van der Waals surface area contributed by atoms with Crippen LogP contribution in [-0.4, -0.2) is 81.8 Å². The van der Waals surface area contributed by atoms with Gasteiger partial charge >= 0.3 is 6.09 Å². The molecule has 3 aromatic heterocycles. The number of piperazine rings is 1. The summed E-state index contributed by atoms with van der Waals surface area (Å²) in [7, 11) is 3.82. The van der Waals surface area contributed by atoms with E-state index in [-0.39, 0.29) is 17.9 Å². The molecule has 0 saturated carbocycles. The van der Waals surface area contributed by atoms with E-state index in [0.717, 1.165) is 28.9 Å². The van der Waals surface area contributed by atoms with Crippen LogP contribution in [-0.2, 0) is 4.74 Å². The zero-order valence-corrected chi connectivity index (χ0v) is 23.2. The minimum atomic E-state index is -0.608. The van der Waals surface area contributed by atoms with Crippen molar-refractivity contribution in [3.8, 4) is 0 Å². The molecule has 1 aromatic carbocycles. The summed E-state index contributed by atoms with van der Waals surface area (Å²) in [6.45, 7) is 7.79. The van der Waals surface area contributed by atoms with Crippen molar-refractivity contribution in [1.82, 2.24) is 29.8 Å². The van der Waals surface area contributed by atoms with Crippen LogP contribution in [0.2, 0.25) is 0 Å². The second-order valence-corrected chi connectivity index (χ2v) is 10.7. The molecule has 4 heterocycles. The quantitative estimate of drug-likeness (QED) is 0.317. The van der Waals surface area contributed by atoms with Crippen molar-refractivity contribution < 1.29 is 13.9 Å². The van der Waals surface area contributed by atoms with Gasteiger partial charge < -0.3 is 35.1 Å². The number of halogens is 1. The van der Waals surface area contributed by atoms with Crippen molar-refractivity contribution in [2.24, 2.45) is 0 Å². The molecule has 4 aromatic rings. The molecule has 0 unspecified atom stereocenters. The van der Waals surface area contributed by atoms with Crippen LogP contribution in [0.5, 0.6) is 0 Å². The number of hydrogen-bond donors (Lipinski definition) is 3. The lowest BCUT2D eigenvalue weighted by molar-refractivity contribution is 0.0240. The second-order valence-electron chi connectivity index (χ2n) is 10.7. The number of anilines is 6. The Labute approximate surface area is 231 Å². The summed E-state index contributed by atoms with van der Waals surface area (Å²) >= 11 is 0.